The molecule has 1 saturated heterocycles. The summed E-state index contributed by atoms with van der Waals surface area (Å²) in [6.07, 6.45) is 1.84. The second-order valence-corrected chi connectivity index (χ2v) is 6.60. The second kappa shape index (κ2) is 6.15. The van der Waals surface area contributed by atoms with Crippen molar-refractivity contribution in [2.75, 3.05) is 20.1 Å². The molecule has 126 valence electrons. The maximum atomic E-state index is 14.8. The van der Waals surface area contributed by atoms with Crippen LogP contribution in [0.5, 0.6) is 0 Å². The first kappa shape index (κ1) is 16.3. The molecule has 1 aromatic carbocycles. The lowest BCUT2D eigenvalue weighted by atomic mass is 9.68. The average molecular weight is 326 g/mol. The Morgan fingerprint density at radius 3 is 2.35 bits per heavy atom. The molecule has 1 N–H and O–H groups in total. The van der Waals surface area contributed by atoms with Crippen LogP contribution in [0, 0.1) is 17.6 Å². The van der Waals surface area contributed by atoms with Crippen LogP contribution in [0.4, 0.5) is 13.2 Å². The standard InChI is InChI=1S/C17H21F3N2O/c1-21-16(23)12-8-17(20,9-12)15-13(18)6-11(7-14(15)19)10-22-4-2-3-5-22/h6-7,12H,2-5,8-10H2,1H3,(H,21,23)/t12-,17+. The number of amides is 1. The quantitative estimate of drug-likeness (QED) is 0.923. The van der Waals surface area contributed by atoms with Crippen LogP contribution in [0.3, 0.4) is 0 Å². The third-order valence-electron chi connectivity index (χ3n) is 4.91. The Morgan fingerprint density at radius 2 is 1.83 bits per heavy atom. The summed E-state index contributed by atoms with van der Waals surface area (Å²) >= 11 is 0. The summed E-state index contributed by atoms with van der Waals surface area (Å²) in [6, 6.07) is 2.45. The highest BCUT2D eigenvalue weighted by atomic mass is 19.2. The molecule has 3 rings (SSSR count). The van der Waals surface area contributed by atoms with Gasteiger partial charge in [0.05, 0.1) is 5.56 Å². The van der Waals surface area contributed by atoms with E-state index in [0.29, 0.717) is 12.1 Å². The smallest absolute Gasteiger partial charge is 0.223 e. The number of rotatable bonds is 4. The molecule has 0 unspecified atom stereocenters. The zero-order chi connectivity index (χ0) is 16.6. The van der Waals surface area contributed by atoms with Crippen LogP contribution in [0.1, 0.15) is 36.8 Å². The van der Waals surface area contributed by atoms with E-state index >= 15 is 0 Å². The van der Waals surface area contributed by atoms with Crippen molar-refractivity contribution in [3.63, 3.8) is 0 Å². The maximum absolute atomic E-state index is 14.8. The molecule has 0 radical (unpaired) electrons. The largest absolute Gasteiger partial charge is 0.359 e. The van der Waals surface area contributed by atoms with Crippen LogP contribution in [0.2, 0.25) is 0 Å². The van der Waals surface area contributed by atoms with Gasteiger partial charge < -0.3 is 5.32 Å². The van der Waals surface area contributed by atoms with E-state index in [1.54, 1.807) is 0 Å². The van der Waals surface area contributed by atoms with Crippen molar-refractivity contribution in [1.29, 1.82) is 0 Å². The van der Waals surface area contributed by atoms with Crippen molar-refractivity contribution >= 4 is 5.91 Å². The predicted octanol–water partition coefficient (Wildman–Crippen LogP) is 2.88. The van der Waals surface area contributed by atoms with Gasteiger partial charge in [-0.15, -0.1) is 0 Å². The number of halogens is 3. The Kier molecular flexibility index (Phi) is 4.36. The van der Waals surface area contributed by atoms with Crippen molar-refractivity contribution in [2.24, 2.45) is 5.92 Å². The first-order valence-electron chi connectivity index (χ1n) is 8.04. The van der Waals surface area contributed by atoms with E-state index in [4.69, 9.17) is 0 Å². The summed E-state index contributed by atoms with van der Waals surface area (Å²) in [7, 11) is 1.47. The highest BCUT2D eigenvalue weighted by Crippen LogP contribution is 2.50. The van der Waals surface area contributed by atoms with Crippen LogP contribution in [-0.2, 0) is 17.0 Å². The number of carbonyl (C=O) groups is 1. The lowest BCUT2D eigenvalue weighted by Crippen LogP contribution is -2.45. The van der Waals surface area contributed by atoms with Crippen molar-refractivity contribution in [3.8, 4) is 0 Å². The summed E-state index contributed by atoms with van der Waals surface area (Å²) in [5.74, 6) is -2.51. The Bertz CT molecular complexity index is 585. The van der Waals surface area contributed by atoms with Gasteiger partial charge in [-0.1, -0.05) is 0 Å². The highest BCUT2D eigenvalue weighted by molar-refractivity contribution is 5.79. The van der Waals surface area contributed by atoms with E-state index in [1.807, 2.05) is 0 Å². The molecular weight excluding hydrogens is 305 g/mol. The van der Waals surface area contributed by atoms with Gasteiger partial charge in [0.2, 0.25) is 5.91 Å². The number of benzene rings is 1. The molecule has 3 nitrogen and oxygen atoms in total. The molecule has 1 amide bonds. The molecule has 6 heteroatoms. The first-order chi connectivity index (χ1) is 10.9. The normalized spacial score (nSPS) is 27.7. The van der Waals surface area contributed by atoms with Gasteiger partial charge in [0.15, 0.2) is 0 Å². The van der Waals surface area contributed by atoms with E-state index in [1.165, 1.54) is 19.2 Å². The van der Waals surface area contributed by atoms with Gasteiger partial charge in [0.1, 0.15) is 17.3 Å². The molecule has 2 aliphatic rings. The summed E-state index contributed by atoms with van der Waals surface area (Å²) in [6.45, 7) is 2.33. The topological polar surface area (TPSA) is 32.3 Å². The molecule has 1 aliphatic heterocycles. The number of hydrogen-bond donors (Lipinski definition) is 1. The minimum absolute atomic E-state index is 0.175. The molecule has 0 spiro atoms. The van der Waals surface area contributed by atoms with Crippen LogP contribution in [0.15, 0.2) is 12.1 Å². The van der Waals surface area contributed by atoms with Gasteiger partial charge in [0.25, 0.3) is 0 Å². The molecule has 1 heterocycles. The summed E-state index contributed by atoms with van der Waals surface area (Å²) < 4.78 is 43.4. The van der Waals surface area contributed by atoms with Gasteiger partial charge in [-0.05, 0) is 56.5 Å². The Labute approximate surface area is 133 Å². The van der Waals surface area contributed by atoms with Gasteiger partial charge in [0, 0.05) is 19.5 Å². The predicted molar refractivity (Wildman–Crippen MR) is 80.4 cm³/mol. The van der Waals surface area contributed by atoms with Gasteiger partial charge >= 0.3 is 0 Å². The molecule has 1 aliphatic carbocycles. The van der Waals surface area contributed by atoms with Crippen molar-refractivity contribution in [1.82, 2.24) is 10.2 Å². The lowest BCUT2D eigenvalue weighted by Gasteiger charge is -2.40. The third kappa shape index (κ3) is 3.09. The Morgan fingerprint density at radius 1 is 1.26 bits per heavy atom. The summed E-state index contributed by atoms with van der Waals surface area (Å²) in [5, 5.41) is 2.44. The molecular formula is C17H21F3N2O. The number of alkyl halides is 1. The van der Waals surface area contributed by atoms with E-state index < -0.39 is 28.8 Å². The lowest BCUT2D eigenvalue weighted by molar-refractivity contribution is -0.134. The van der Waals surface area contributed by atoms with Gasteiger partial charge in [-0.25, -0.2) is 13.2 Å². The number of hydrogen-bond acceptors (Lipinski definition) is 2. The molecule has 0 bridgehead atoms. The van der Waals surface area contributed by atoms with E-state index in [9.17, 15) is 18.0 Å². The number of nitrogens with one attached hydrogen (secondary N) is 1. The zero-order valence-corrected chi connectivity index (χ0v) is 13.2. The number of carbonyl (C=O) groups excluding carboxylic acids is 1. The third-order valence-corrected chi connectivity index (χ3v) is 4.91. The fourth-order valence-electron chi connectivity index (χ4n) is 3.66. The van der Waals surface area contributed by atoms with E-state index in [-0.39, 0.29) is 18.7 Å². The van der Waals surface area contributed by atoms with Crippen LogP contribution in [-0.4, -0.2) is 30.9 Å². The Balaban J connectivity index is 1.77. The average Bonchev–Trinajstić information content (AvgIpc) is 2.95. The fraction of sp³-hybridized carbons (Fsp3) is 0.588. The van der Waals surface area contributed by atoms with E-state index in [0.717, 1.165) is 25.9 Å². The molecule has 0 atom stereocenters. The second-order valence-electron chi connectivity index (χ2n) is 6.60. The zero-order valence-electron chi connectivity index (χ0n) is 13.2. The Hall–Kier alpha value is -1.56. The number of nitrogens with zero attached hydrogens (tertiary/aromatic N) is 1. The van der Waals surface area contributed by atoms with Crippen molar-refractivity contribution in [3.05, 3.63) is 34.9 Å². The highest BCUT2D eigenvalue weighted by Gasteiger charge is 2.51. The minimum Gasteiger partial charge on any atom is -0.359 e. The van der Waals surface area contributed by atoms with Crippen LogP contribution in [0.25, 0.3) is 0 Å². The first-order valence-corrected chi connectivity index (χ1v) is 8.04. The summed E-state index contributed by atoms with van der Waals surface area (Å²) in [4.78, 5) is 13.6. The molecule has 2 fully saturated rings. The summed E-state index contributed by atoms with van der Waals surface area (Å²) in [5.41, 5.74) is -2.09. The number of likely N-dealkylation sites (tertiary alicyclic amines) is 1. The van der Waals surface area contributed by atoms with Crippen LogP contribution < -0.4 is 5.32 Å². The van der Waals surface area contributed by atoms with Crippen LogP contribution >= 0.6 is 0 Å². The SMILES string of the molecule is CNC(=O)[C@H]1C[C@](F)(c2c(F)cc(CN3CCCC3)cc2F)C1. The molecule has 23 heavy (non-hydrogen) atoms. The molecule has 0 aromatic heterocycles. The molecule has 1 saturated carbocycles. The van der Waals surface area contributed by atoms with Crippen molar-refractivity contribution in [2.45, 2.75) is 37.9 Å². The van der Waals surface area contributed by atoms with Gasteiger partial charge in [-0.3, -0.25) is 9.69 Å². The molecule has 1 aromatic rings. The van der Waals surface area contributed by atoms with E-state index in [2.05, 4.69) is 10.2 Å². The maximum Gasteiger partial charge on any atom is 0.223 e. The fourth-order valence-corrected chi connectivity index (χ4v) is 3.66. The van der Waals surface area contributed by atoms with Crippen molar-refractivity contribution < 1.29 is 18.0 Å². The minimum atomic E-state index is -2.09. The van der Waals surface area contributed by atoms with Gasteiger partial charge in [-0.2, -0.15) is 0 Å². The monoisotopic (exact) mass is 326 g/mol.